The van der Waals surface area contributed by atoms with Crippen molar-refractivity contribution >= 4 is 39.5 Å². The Labute approximate surface area is 626 Å². The minimum Gasteiger partial charge on any atom is -0.462 e. The second-order valence-corrected chi connectivity index (χ2v) is 34.0. The molecule has 0 amide bonds. The number of phosphoric ester groups is 2. The van der Waals surface area contributed by atoms with Gasteiger partial charge in [-0.05, 0) is 43.4 Å². The van der Waals surface area contributed by atoms with Gasteiger partial charge in [0, 0.05) is 25.7 Å². The molecule has 0 aromatic rings. The summed E-state index contributed by atoms with van der Waals surface area (Å²) in [6.45, 7) is 12.0. The lowest BCUT2D eigenvalue weighted by Crippen LogP contribution is -2.30. The number of phosphoric acid groups is 2. The highest BCUT2D eigenvalue weighted by atomic mass is 31.2. The molecule has 0 aliphatic carbocycles. The molecule has 0 radical (unpaired) electrons. The zero-order valence-electron chi connectivity index (χ0n) is 67.1. The standard InChI is InChI=1S/C83H162O17P2/c1-8-10-11-12-13-14-15-16-17-18-19-20-26-31-36-43-50-57-64-80(85)93-70-78(99-82(87)66-59-52-44-37-32-27-22-21-25-30-35-42-49-56-63-76(7)9-2)72-97-101(89,90)95-68-77(84)69-96-102(91,92)98-73-79(71-94-81(86)65-58-51-46-39-41-48-55-62-75(5)6)100-83(88)67-60-53-45-38-33-28-23-24-29-34-40-47-54-61-74(3)4/h74-79,84H,8-73H2,1-7H3,(H,89,90)(H,91,92)/t76?,77-,78-,79-/m1/s1. The number of carbonyl (C=O) groups is 4. The Kier molecular flexibility index (Phi) is 71.8. The van der Waals surface area contributed by atoms with Crippen molar-refractivity contribution in [3.05, 3.63) is 0 Å². The van der Waals surface area contributed by atoms with Gasteiger partial charge in [0.05, 0.1) is 26.4 Å². The molecule has 17 nitrogen and oxygen atoms in total. The fraction of sp³-hybridized carbons (Fsp3) is 0.952. The van der Waals surface area contributed by atoms with E-state index >= 15 is 0 Å². The molecule has 0 aromatic heterocycles. The SMILES string of the molecule is CCCCCCCCCCCCCCCCCCCCC(=O)OC[C@H](COP(=O)(O)OC[C@@H](O)COP(=O)(O)OC[C@@H](COC(=O)CCCCCCCCCC(C)C)OC(=O)CCCCCCCCCCCCCCCC(C)C)OC(=O)CCCCCCCCCCCCCCCCC(C)CC. The minimum atomic E-state index is -4.96. The number of unbranched alkanes of at least 4 members (excludes halogenated alkanes) is 48. The predicted octanol–water partition coefficient (Wildman–Crippen LogP) is 24.9. The van der Waals surface area contributed by atoms with Crippen LogP contribution in [0.3, 0.4) is 0 Å². The molecule has 3 unspecified atom stereocenters. The Morgan fingerprint density at radius 2 is 0.500 bits per heavy atom. The molecule has 19 heteroatoms. The smallest absolute Gasteiger partial charge is 0.462 e. The number of esters is 4. The molecule has 0 saturated heterocycles. The van der Waals surface area contributed by atoms with Crippen LogP contribution in [-0.4, -0.2) is 96.7 Å². The summed E-state index contributed by atoms with van der Waals surface area (Å²) in [5, 5.41) is 10.7. The van der Waals surface area contributed by atoms with Gasteiger partial charge in [0.1, 0.15) is 19.3 Å². The Hall–Kier alpha value is -1.94. The highest BCUT2D eigenvalue weighted by Gasteiger charge is 2.30. The van der Waals surface area contributed by atoms with Gasteiger partial charge in [0.25, 0.3) is 0 Å². The number of hydrogen-bond acceptors (Lipinski definition) is 15. The lowest BCUT2D eigenvalue weighted by molar-refractivity contribution is -0.161. The predicted molar refractivity (Wildman–Crippen MR) is 418 cm³/mol. The summed E-state index contributed by atoms with van der Waals surface area (Å²) in [5.41, 5.74) is 0. The van der Waals surface area contributed by atoms with Crippen LogP contribution in [0.15, 0.2) is 0 Å². The molecule has 3 N–H and O–H groups in total. The summed E-state index contributed by atoms with van der Waals surface area (Å²) in [5.74, 6) is 0.228. The van der Waals surface area contributed by atoms with Gasteiger partial charge < -0.3 is 33.8 Å². The first-order chi connectivity index (χ1) is 49.3. The van der Waals surface area contributed by atoms with E-state index in [0.29, 0.717) is 31.6 Å². The fourth-order valence-corrected chi connectivity index (χ4v) is 14.4. The zero-order chi connectivity index (χ0) is 75.1. The van der Waals surface area contributed by atoms with Crippen LogP contribution < -0.4 is 0 Å². The monoisotopic (exact) mass is 1490 g/mol. The molecule has 0 rings (SSSR count). The molecule has 0 bridgehead atoms. The van der Waals surface area contributed by atoms with E-state index in [1.165, 1.54) is 238 Å². The maximum Gasteiger partial charge on any atom is 0.472 e. The van der Waals surface area contributed by atoms with Crippen molar-refractivity contribution in [2.45, 2.75) is 452 Å². The lowest BCUT2D eigenvalue weighted by atomic mass is 9.99. The van der Waals surface area contributed by atoms with E-state index in [-0.39, 0.29) is 25.7 Å². The zero-order valence-corrected chi connectivity index (χ0v) is 68.9. The van der Waals surface area contributed by atoms with Gasteiger partial charge in [-0.2, -0.15) is 0 Å². The first kappa shape index (κ1) is 100. The lowest BCUT2D eigenvalue weighted by Gasteiger charge is -2.21. The van der Waals surface area contributed by atoms with Crippen LogP contribution in [0.1, 0.15) is 434 Å². The molecule has 102 heavy (non-hydrogen) atoms. The summed E-state index contributed by atoms with van der Waals surface area (Å²) >= 11 is 0. The van der Waals surface area contributed by atoms with E-state index in [1.54, 1.807) is 0 Å². The minimum absolute atomic E-state index is 0.106. The normalized spacial score (nSPS) is 14.2. The highest BCUT2D eigenvalue weighted by Crippen LogP contribution is 2.45. The van der Waals surface area contributed by atoms with E-state index in [2.05, 4.69) is 48.5 Å². The van der Waals surface area contributed by atoms with Gasteiger partial charge in [-0.25, -0.2) is 9.13 Å². The van der Waals surface area contributed by atoms with Crippen LogP contribution in [0.2, 0.25) is 0 Å². The van der Waals surface area contributed by atoms with Gasteiger partial charge in [0.15, 0.2) is 12.2 Å². The Bertz CT molecular complexity index is 1980. The Balaban J connectivity index is 5.24. The Morgan fingerprint density at radius 3 is 0.745 bits per heavy atom. The van der Waals surface area contributed by atoms with Crippen molar-refractivity contribution in [2.75, 3.05) is 39.6 Å². The van der Waals surface area contributed by atoms with Crippen LogP contribution >= 0.6 is 15.6 Å². The van der Waals surface area contributed by atoms with E-state index in [1.807, 2.05) is 0 Å². The van der Waals surface area contributed by atoms with E-state index in [9.17, 15) is 43.2 Å². The molecule has 606 valence electrons. The first-order valence-corrected chi connectivity index (χ1v) is 45.9. The van der Waals surface area contributed by atoms with Crippen LogP contribution in [0.5, 0.6) is 0 Å². The molecule has 0 heterocycles. The third-order valence-corrected chi connectivity index (χ3v) is 21.6. The van der Waals surface area contributed by atoms with Crippen molar-refractivity contribution in [2.24, 2.45) is 17.8 Å². The van der Waals surface area contributed by atoms with Gasteiger partial charge in [-0.15, -0.1) is 0 Å². The van der Waals surface area contributed by atoms with Gasteiger partial charge >= 0.3 is 39.5 Å². The maximum absolute atomic E-state index is 13.1. The number of hydrogen-bond donors (Lipinski definition) is 3. The second-order valence-electron chi connectivity index (χ2n) is 31.1. The molecule has 6 atom stereocenters. The van der Waals surface area contributed by atoms with Crippen LogP contribution in [0.25, 0.3) is 0 Å². The number of rotatable bonds is 81. The largest absolute Gasteiger partial charge is 0.472 e. The molecular weight excluding hydrogens is 1330 g/mol. The molecule has 0 spiro atoms. The quantitative estimate of drug-likeness (QED) is 0.0222. The highest BCUT2D eigenvalue weighted by molar-refractivity contribution is 7.47. The van der Waals surface area contributed by atoms with E-state index in [0.717, 1.165) is 108 Å². The van der Waals surface area contributed by atoms with Crippen LogP contribution in [0, 0.1) is 17.8 Å². The molecular formula is C83H162O17P2. The number of aliphatic hydroxyl groups excluding tert-OH is 1. The third kappa shape index (κ3) is 74.9. The number of ether oxygens (including phenoxy) is 4. The van der Waals surface area contributed by atoms with Crippen molar-refractivity contribution in [3.63, 3.8) is 0 Å². The van der Waals surface area contributed by atoms with Gasteiger partial charge in [0.2, 0.25) is 0 Å². The molecule has 0 aliphatic rings. The number of carbonyl (C=O) groups excluding carboxylic acids is 4. The average molecular weight is 1490 g/mol. The fourth-order valence-electron chi connectivity index (χ4n) is 12.8. The van der Waals surface area contributed by atoms with Gasteiger partial charge in [-0.1, -0.05) is 382 Å². The molecule has 0 saturated carbocycles. The van der Waals surface area contributed by atoms with Crippen molar-refractivity contribution in [1.82, 2.24) is 0 Å². The van der Waals surface area contributed by atoms with Crippen molar-refractivity contribution < 1.29 is 80.2 Å². The summed E-state index contributed by atoms with van der Waals surface area (Å²) in [7, 11) is -9.92. The summed E-state index contributed by atoms with van der Waals surface area (Å²) < 4.78 is 68.8. The summed E-state index contributed by atoms with van der Waals surface area (Å²) in [6.07, 6.45) is 62.4. The third-order valence-electron chi connectivity index (χ3n) is 19.7. The first-order valence-electron chi connectivity index (χ1n) is 42.9. The summed E-state index contributed by atoms with van der Waals surface area (Å²) in [6, 6.07) is 0. The molecule has 0 aliphatic heterocycles. The van der Waals surface area contributed by atoms with E-state index < -0.39 is 97.5 Å². The average Bonchev–Trinajstić information content (AvgIpc) is 0.925. The summed E-state index contributed by atoms with van der Waals surface area (Å²) in [4.78, 5) is 73.1. The maximum atomic E-state index is 13.1. The van der Waals surface area contributed by atoms with Crippen LogP contribution in [-0.2, 0) is 65.4 Å². The topological polar surface area (TPSA) is 237 Å². The van der Waals surface area contributed by atoms with Crippen molar-refractivity contribution in [3.8, 4) is 0 Å². The Morgan fingerprint density at radius 1 is 0.284 bits per heavy atom. The molecule has 0 fully saturated rings. The van der Waals surface area contributed by atoms with Gasteiger partial charge in [-0.3, -0.25) is 37.3 Å². The number of aliphatic hydroxyl groups is 1. The van der Waals surface area contributed by atoms with E-state index in [4.69, 9.17) is 37.0 Å². The van der Waals surface area contributed by atoms with Crippen LogP contribution in [0.4, 0.5) is 0 Å². The van der Waals surface area contributed by atoms with Crippen molar-refractivity contribution in [1.29, 1.82) is 0 Å². The second kappa shape index (κ2) is 73.2. The molecule has 0 aromatic carbocycles.